The van der Waals surface area contributed by atoms with Gasteiger partial charge in [-0.25, -0.2) is 54.7 Å². The first-order valence-corrected chi connectivity index (χ1v) is 33.8. The molecule has 32 heteroatoms. The maximum absolute atomic E-state index is 13.1. The Labute approximate surface area is 436 Å². The molecule has 0 bridgehead atoms. The normalized spacial score (nSPS) is 11.5. The Morgan fingerprint density at radius 3 is 1.01 bits per heavy atom. The molecule has 0 aliphatic rings. The number of hydrogen-bond donors (Lipinski definition) is 0. The topological polar surface area (TPSA) is 217 Å². The zero-order valence-electron chi connectivity index (χ0n) is 42.1. The van der Waals surface area contributed by atoms with Gasteiger partial charge in [0.1, 0.15) is 23.1 Å². The summed E-state index contributed by atoms with van der Waals surface area (Å²) >= 11 is 0. The highest BCUT2D eigenvalue weighted by Crippen LogP contribution is 2.43. The monoisotopic (exact) mass is 1220 g/mol. The van der Waals surface area contributed by atoms with Gasteiger partial charge in [0.15, 0.2) is 58.8 Å². The molecule has 0 radical (unpaired) electrons. The van der Waals surface area contributed by atoms with E-state index in [-0.39, 0.29) is 17.2 Å². The lowest BCUT2D eigenvalue weighted by Gasteiger charge is -2.10. The summed E-state index contributed by atoms with van der Waals surface area (Å²) in [4.78, 5) is 55.7. The van der Waals surface area contributed by atoms with E-state index in [0.717, 1.165) is 49.7 Å². The van der Waals surface area contributed by atoms with E-state index in [1.165, 1.54) is 102 Å². The smallest absolute Gasteiger partial charge is 0.416 e. The fourth-order valence-corrected chi connectivity index (χ4v) is 5.60. The van der Waals surface area contributed by atoms with Crippen LogP contribution in [0.4, 0.5) is 76.7 Å². The Bertz CT molecular complexity index is 3210. The number of para-hydroxylation sites is 1. The Balaban J connectivity index is 0.000000489. The van der Waals surface area contributed by atoms with Crippen molar-refractivity contribution in [2.75, 3.05) is 66.6 Å². The number of alkyl halides is 3. The summed E-state index contributed by atoms with van der Waals surface area (Å²) in [5.74, 6) is -16.6. The van der Waals surface area contributed by atoms with E-state index in [2.05, 4.69) is 18.9 Å². The third-order valence-electron chi connectivity index (χ3n) is 8.09. The van der Waals surface area contributed by atoms with Crippen LogP contribution in [0.25, 0.3) is 0 Å². The van der Waals surface area contributed by atoms with Crippen molar-refractivity contribution < 1.29 is 123 Å². The second kappa shape index (κ2) is 28.6. The Morgan fingerprint density at radius 2 is 0.667 bits per heavy atom. The molecule has 78 heavy (non-hydrogen) atoms. The van der Waals surface area contributed by atoms with Crippen LogP contribution < -0.4 is 23.7 Å². The van der Waals surface area contributed by atoms with E-state index < -0.39 is 140 Å². The molecule has 428 valence electrons. The molecular weight excluding hydrogens is 1180 g/mol. The molecule has 0 aromatic heterocycles. The molecule has 0 heterocycles. The first-order valence-electron chi connectivity index (χ1n) is 20.8. The van der Waals surface area contributed by atoms with Gasteiger partial charge in [0.2, 0.25) is 34.8 Å². The highest BCUT2D eigenvalue weighted by molar-refractivity contribution is 7.79. The summed E-state index contributed by atoms with van der Waals surface area (Å²) in [6.45, 7) is 11.9. The molecule has 0 amide bonds. The standard InChI is InChI=1S/C10H10F3O3P.C9H6F5O3P.C9H9F2O3P.2C9H10FO3P/c1-17(2,15)9(14)16-8-5-3-7(4-6-8)10(11,12)13;1-18(2,16)9(15)17-8-6(13)4(11)3(10)5(12)7(8)14;1-15(2,13)9(12)14-8-4-3-6(10)5-7(8)11;1-14(2,12)9(11)13-8-5-3-7(10)4-6-8;1-14(2,12)9(11)13-8-6-4-3-5-7(8)10/h3-6H,1-2H3;1-2H3;3-5H,1-2H3;2*3-6H,1-2H3. The molecule has 0 aliphatic carbocycles. The summed E-state index contributed by atoms with van der Waals surface area (Å²) in [6.07, 6.45) is -4.44. The molecule has 0 fully saturated rings. The zero-order chi connectivity index (χ0) is 60.7. The van der Waals surface area contributed by atoms with E-state index in [1.807, 2.05) is 0 Å². The van der Waals surface area contributed by atoms with Crippen molar-refractivity contribution in [3.8, 4) is 28.7 Å². The van der Waals surface area contributed by atoms with E-state index in [4.69, 9.17) is 4.74 Å². The van der Waals surface area contributed by atoms with Crippen LogP contribution in [0.5, 0.6) is 28.7 Å². The van der Waals surface area contributed by atoms with Crippen molar-refractivity contribution in [2.45, 2.75) is 6.18 Å². The average molecular weight is 1220 g/mol. The molecule has 0 unspecified atom stereocenters. The van der Waals surface area contributed by atoms with Gasteiger partial charge in [0, 0.05) is 6.07 Å². The summed E-state index contributed by atoms with van der Waals surface area (Å²) in [5.41, 5.74) is -6.00. The molecule has 5 rings (SSSR count). The third kappa shape index (κ3) is 23.8. The van der Waals surface area contributed by atoms with Gasteiger partial charge in [-0.2, -0.15) is 22.0 Å². The van der Waals surface area contributed by atoms with Crippen LogP contribution in [0.1, 0.15) is 5.56 Å². The van der Waals surface area contributed by atoms with Crippen LogP contribution in [0.2, 0.25) is 0 Å². The zero-order valence-corrected chi connectivity index (χ0v) is 46.5. The molecule has 0 saturated heterocycles. The van der Waals surface area contributed by atoms with Crippen LogP contribution in [0.3, 0.4) is 0 Å². The second-order valence-electron chi connectivity index (χ2n) is 17.0. The lowest BCUT2D eigenvalue weighted by atomic mass is 10.2. The van der Waals surface area contributed by atoms with Gasteiger partial charge in [0.05, 0.1) is 5.56 Å². The van der Waals surface area contributed by atoms with Gasteiger partial charge in [-0.3, -0.25) is 0 Å². The van der Waals surface area contributed by atoms with Crippen molar-refractivity contribution in [1.82, 2.24) is 0 Å². The van der Waals surface area contributed by atoms with Crippen molar-refractivity contribution in [3.63, 3.8) is 0 Å². The lowest BCUT2D eigenvalue weighted by Crippen LogP contribution is -2.11. The first-order chi connectivity index (χ1) is 35.3. The molecule has 0 saturated carbocycles. The number of ether oxygens (including phenoxy) is 5. The van der Waals surface area contributed by atoms with Crippen LogP contribution in [0, 0.1) is 52.4 Å². The van der Waals surface area contributed by atoms with Gasteiger partial charge in [0.25, 0.3) is 0 Å². The number of halogens is 12. The van der Waals surface area contributed by atoms with E-state index in [1.54, 1.807) is 0 Å². The summed E-state index contributed by atoms with van der Waals surface area (Å²) in [7, 11) is -15.5. The molecular formula is C46H45F12O15P5. The van der Waals surface area contributed by atoms with Gasteiger partial charge in [-0.1, -0.05) is 12.1 Å². The van der Waals surface area contributed by atoms with Crippen LogP contribution in [0.15, 0.2) is 91.0 Å². The predicted molar refractivity (Wildman–Crippen MR) is 264 cm³/mol. The lowest BCUT2D eigenvalue weighted by molar-refractivity contribution is -0.137. The summed E-state index contributed by atoms with van der Waals surface area (Å²) in [6, 6.07) is 16.5. The minimum absolute atomic E-state index is 0.0630. The SMILES string of the molecule is CP(C)(=O)C(=O)Oc1c(F)c(F)c(F)c(F)c1F.CP(C)(=O)C(=O)Oc1ccc(C(F)(F)F)cc1.CP(C)(=O)C(=O)Oc1ccc(F)cc1.CP(C)(=O)C(=O)Oc1ccc(F)cc1F.CP(C)(=O)C(=O)Oc1ccccc1F. The van der Waals surface area contributed by atoms with Gasteiger partial charge in [-0.05, 0) is 139 Å². The largest absolute Gasteiger partial charge is 0.421 e. The van der Waals surface area contributed by atoms with Gasteiger partial charge < -0.3 is 46.5 Å². The first kappa shape index (κ1) is 69.8. The summed E-state index contributed by atoms with van der Waals surface area (Å²) < 4.78 is 231. The van der Waals surface area contributed by atoms with Crippen molar-refractivity contribution in [2.24, 2.45) is 0 Å². The highest BCUT2D eigenvalue weighted by Gasteiger charge is 2.33. The Kier molecular flexibility index (Phi) is 25.6. The minimum Gasteiger partial charge on any atom is -0.421 e. The number of hydrogen-bond acceptors (Lipinski definition) is 15. The highest BCUT2D eigenvalue weighted by atomic mass is 31.2. The minimum atomic E-state index is -4.44. The van der Waals surface area contributed by atoms with Crippen LogP contribution >= 0.6 is 35.7 Å². The third-order valence-corrected chi connectivity index (χ3v) is 12.9. The molecule has 0 aliphatic heterocycles. The molecule has 0 N–H and O–H groups in total. The fourth-order valence-electron chi connectivity index (χ4n) is 4.00. The number of benzene rings is 5. The molecule has 0 spiro atoms. The number of carbonyl (C=O) groups is 5. The predicted octanol–water partition coefficient (Wildman–Crippen LogP) is 16.3. The van der Waals surface area contributed by atoms with E-state index in [9.17, 15) is 99.5 Å². The van der Waals surface area contributed by atoms with Crippen molar-refractivity contribution in [1.29, 1.82) is 0 Å². The van der Waals surface area contributed by atoms with E-state index in [0.29, 0.717) is 6.07 Å². The number of carbonyl (C=O) groups excluding carboxylic acids is 5. The van der Waals surface area contributed by atoms with Gasteiger partial charge >= 0.3 is 34.7 Å². The summed E-state index contributed by atoms with van der Waals surface area (Å²) in [5, 5.41) is 0. The maximum Gasteiger partial charge on any atom is 0.416 e. The molecule has 5 aromatic rings. The van der Waals surface area contributed by atoms with Crippen molar-refractivity contribution in [3.05, 3.63) is 149 Å². The van der Waals surface area contributed by atoms with E-state index >= 15 is 0 Å². The maximum atomic E-state index is 13.1. The second-order valence-corrected chi connectivity index (χ2v) is 32.3. The van der Waals surface area contributed by atoms with Crippen LogP contribution in [-0.4, -0.2) is 95.2 Å². The van der Waals surface area contributed by atoms with Crippen molar-refractivity contribution >= 4 is 64.3 Å². The number of rotatable bonds is 10. The fraction of sp³-hybridized carbons (Fsp3) is 0.239. The molecule has 5 aromatic carbocycles. The van der Waals surface area contributed by atoms with Crippen LogP contribution in [-0.2, 0) is 29.0 Å². The quantitative estimate of drug-likeness (QED) is 0.0550. The van der Waals surface area contributed by atoms with Gasteiger partial charge in [-0.15, -0.1) is 0 Å². The Morgan fingerprint density at radius 1 is 0.359 bits per heavy atom. The molecule has 15 nitrogen and oxygen atoms in total. The average Bonchev–Trinajstić information content (AvgIpc) is 3.30. The Hall–Kier alpha value is -6.24. The molecule has 0 atom stereocenters.